The molecule has 0 saturated heterocycles. The number of nitrogens with zero attached hydrogens (tertiary/aromatic N) is 2. The molecule has 2 N–H and O–H groups in total. The van der Waals surface area contributed by atoms with Gasteiger partial charge in [-0.05, 0) is 18.1 Å². The summed E-state index contributed by atoms with van der Waals surface area (Å²) >= 11 is 0. The Bertz CT molecular complexity index is 323. The molecule has 62 valence electrons. The number of pyridine rings is 1. The van der Waals surface area contributed by atoms with Crippen molar-refractivity contribution in [1.29, 1.82) is 5.26 Å². The maximum absolute atomic E-state index is 8.58. The summed E-state index contributed by atoms with van der Waals surface area (Å²) in [6.45, 7) is 4.07. The number of anilines is 1. The van der Waals surface area contributed by atoms with E-state index in [4.69, 9.17) is 11.0 Å². The van der Waals surface area contributed by atoms with Gasteiger partial charge in [0.05, 0.1) is 5.56 Å². The van der Waals surface area contributed by atoms with Crippen LogP contribution in [0.2, 0.25) is 0 Å². The van der Waals surface area contributed by atoms with Crippen LogP contribution in [0.15, 0.2) is 12.1 Å². The molecule has 0 radical (unpaired) electrons. The van der Waals surface area contributed by atoms with Gasteiger partial charge in [0.2, 0.25) is 0 Å². The van der Waals surface area contributed by atoms with E-state index in [1.165, 1.54) is 0 Å². The molecule has 0 unspecified atom stereocenters. The van der Waals surface area contributed by atoms with E-state index in [-0.39, 0.29) is 0 Å². The molecular formula is C9H11N3. The first-order valence-electron chi connectivity index (χ1n) is 3.81. The number of rotatable bonds is 1. The highest BCUT2D eigenvalue weighted by molar-refractivity contribution is 5.48. The Balaban J connectivity index is 3.12. The topological polar surface area (TPSA) is 62.7 Å². The molecule has 0 fully saturated rings. The Morgan fingerprint density at radius 2 is 2.17 bits per heavy atom. The van der Waals surface area contributed by atoms with E-state index in [9.17, 15) is 0 Å². The van der Waals surface area contributed by atoms with E-state index in [1.54, 1.807) is 6.07 Å². The van der Waals surface area contributed by atoms with Gasteiger partial charge in [0.15, 0.2) is 0 Å². The number of hydrogen-bond acceptors (Lipinski definition) is 3. The van der Waals surface area contributed by atoms with Crippen LogP contribution in [0.25, 0.3) is 0 Å². The smallest absolute Gasteiger partial charge is 0.141 e. The SMILES string of the molecule is CC(C)c1ccc(C#N)c(N)n1. The van der Waals surface area contributed by atoms with E-state index in [1.807, 2.05) is 26.0 Å². The molecule has 1 heterocycles. The quantitative estimate of drug-likeness (QED) is 0.681. The second kappa shape index (κ2) is 3.22. The maximum Gasteiger partial charge on any atom is 0.141 e. The van der Waals surface area contributed by atoms with Gasteiger partial charge in [-0.2, -0.15) is 5.26 Å². The van der Waals surface area contributed by atoms with Gasteiger partial charge >= 0.3 is 0 Å². The number of hydrogen-bond donors (Lipinski definition) is 1. The lowest BCUT2D eigenvalue weighted by molar-refractivity contribution is 0.824. The third kappa shape index (κ3) is 1.54. The lowest BCUT2D eigenvalue weighted by Crippen LogP contribution is -1.99. The normalized spacial score (nSPS) is 9.83. The van der Waals surface area contributed by atoms with Crippen LogP contribution in [0.3, 0.4) is 0 Å². The van der Waals surface area contributed by atoms with Crippen molar-refractivity contribution in [2.75, 3.05) is 5.73 Å². The molecular weight excluding hydrogens is 150 g/mol. The fourth-order valence-corrected chi connectivity index (χ4v) is 0.907. The number of nitriles is 1. The largest absolute Gasteiger partial charge is 0.383 e. The minimum absolute atomic E-state index is 0.323. The fraction of sp³-hybridized carbons (Fsp3) is 0.333. The molecule has 3 heteroatoms. The molecule has 0 amide bonds. The van der Waals surface area contributed by atoms with Crippen molar-refractivity contribution in [3.05, 3.63) is 23.4 Å². The summed E-state index contributed by atoms with van der Waals surface area (Å²) < 4.78 is 0. The van der Waals surface area contributed by atoms with Gasteiger partial charge in [-0.3, -0.25) is 0 Å². The second-order valence-corrected chi connectivity index (χ2v) is 2.94. The van der Waals surface area contributed by atoms with Gasteiger partial charge in [0.25, 0.3) is 0 Å². The van der Waals surface area contributed by atoms with Crippen molar-refractivity contribution >= 4 is 5.82 Å². The first-order chi connectivity index (χ1) is 5.65. The molecule has 0 aliphatic heterocycles. The highest BCUT2D eigenvalue weighted by Gasteiger charge is 2.03. The summed E-state index contributed by atoms with van der Waals surface area (Å²) in [7, 11) is 0. The van der Waals surface area contributed by atoms with Gasteiger partial charge < -0.3 is 5.73 Å². The average Bonchev–Trinajstić information content (AvgIpc) is 2.04. The van der Waals surface area contributed by atoms with Crippen molar-refractivity contribution < 1.29 is 0 Å². The summed E-state index contributed by atoms with van der Waals surface area (Å²) in [6.07, 6.45) is 0. The van der Waals surface area contributed by atoms with E-state index >= 15 is 0 Å². The van der Waals surface area contributed by atoms with Crippen LogP contribution in [0, 0.1) is 11.3 Å². The van der Waals surface area contributed by atoms with E-state index in [2.05, 4.69) is 4.98 Å². The maximum atomic E-state index is 8.58. The second-order valence-electron chi connectivity index (χ2n) is 2.94. The van der Waals surface area contributed by atoms with Gasteiger partial charge in [-0.25, -0.2) is 4.98 Å². The summed E-state index contributed by atoms with van der Waals surface area (Å²) in [5.41, 5.74) is 6.90. The molecule has 0 aliphatic carbocycles. The van der Waals surface area contributed by atoms with E-state index in [0.29, 0.717) is 17.3 Å². The van der Waals surface area contributed by atoms with Crippen LogP contribution in [0.5, 0.6) is 0 Å². The minimum Gasteiger partial charge on any atom is -0.383 e. The average molecular weight is 161 g/mol. The molecule has 0 aromatic carbocycles. The third-order valence-electron chi connectivity index (χ3n) is 1.66. The Morgan fingerprint density at radius 3 is 2.58 bits per heavy atom. The first-order valence-corrected chi connectivity index (χ1v) is 3.81. The zero-order valence-corrected chi connectivity index (χ0v) is 7.20. The predicted molar refractivity (Wildman–Crippen MR) is 47.5 cm³/mol. The number of nitrogens with two attached hydrogens (primary N) is 1. The van der Waals surface area contributed by atoms with Gasteiger partial charge in [-0.15, -0.1) is 0 Å². The predicted octanol–water partition coefficient (Wildman–Crippen LogP) is 1.66. The molecule has 0 bridgehead atoms. The lowest BCUT2D eigenvalue weighted by atomic mass is 10.1. The Hall–Kier alpha value is -1.56. The van der Waals surface area contributed by atoms with Crippen molar-refractivity contribution in [1.82, 2.24) is 4.98 Å². The molecule has 0 atom stereocenters. The lowest BCUT2D eigenvalue weighted by Gasteiger charge is -2.04. The molecule has 0 aliphatic rings. The van der Waals surface area contributed by atoms with E-state index < -0.39 is 0 Å². The molecule has 12 heavy (non-hydrogen) atoms. The Kier molecular flexibility index (Phi) is 2.29. The van der Waals surface area contributed by atoms with Crippen molar-refractivity contribution in [2.45, 2.75) is 19.8 Å². The summed E-state index contributed by atoms with van der Waals surface area (Å²) in [6, 6.07) is 5.51. The highest BCUT2D eigenvalue weighted by atomic mass is 14.8. The van der Waals surface area contributed by atoms with E-state index in [0.717, 1.165) is 5.69 Å². The first kappa shape index (κ1) is 8.54. The monoisotopic (exact) mass is 161 g/mol. The van der Waals surface area contributed by atoms with Crippen LogP contribution in [0.4, 0.5) is 5.82 Å². The van der Waals surface area contributed by atoms with Crippen LogP contribution in [-0.4, -0.2) is 4.98 Å². The van der Waals surface area contributed by atoms with Crippen molar-refractivity contribution in [3.63, 3.8) is 0 Å². The summed E-state index contributed by atoms with van der Waals surface area (Å²) in [4.78, 5) is 4.10. The van der Waals surface area contributed by atoms with Crippen molar-refractivity contribution in [2.24, 2.45) is 0 Å². The van der Waals surface area contributed by atoms with Crippen molar-refractivity contribution in [3.8, 4) is 6.07 Å². The fourth-order valence-electron chi connectivity index (χ4n) is 0.907. The number of aromatic nitrogens is 1. The minimum atomic E-state index is 0.323. The van der Waals surface area contributed by atoms with Gasteiger partial charge in [0.1, 0.15) is 11.9 Å². The summed E-state index contributed by atoms with van der Waals surface area (Å²) in [5.74, 6) is 0.670. The summed E-state index contributed by atoms with van der Waals surface area (Å²) in [5, 5.41) is 8.58. The molecule has 0 spiro atoms. The number of nitrogen functional groups attached to an aromatic ring is 1. The van der Waals surface area contributed by atoms with Crippen LogP contribution in [-0.2, 0) is 0 Å². The highest BCUT2D eigenvalue weighted by Crippen LogP contribution is 2.15. The van der Waals surface area contributed by atoms with Gasteiger partial charge in [0, 0.05) is 5.69 Å². The van der Waals surface area contributed by atoms with Crippen LogP contribution >= 0.6 is 0 Å². The van der Waals surface area contributed by atoms with Gasteiger partial charge in [-0.1, -0.05) is 13.8 Å². The molecule has 1 aromatic rings. The Morgan fingerprint density at radius 1 is 1.50 bits per heavy atom. The Labute approximate surface area is 71.8 Å². The van der Waals surface area contributed by atoms with Crippen LogP contribution < -0.4 is 5.73 Å². The zero-order chi connectivity index (χ0) is 9.14. The molecule has 1 rings (SSSR count). The molecule has 3 nitrogen and oxygen atoms in total. The standard InChI is InChI=1S/C9H11N3/c1-6(2)8-4-3-7(5-10)9(11)12-8/h3-4,6H,1-2H3,(H2,11,12). The third-order valence-corrected chi connectivity index (χ3v) is 1.66. The van der Waals surface area contributed by atoms with Crippen LogP contribution in [0.1, 0.15) is 31.0 Å². The molecule has 1 aromatic heterocycles. The zero-order valence-electron chi connectivity index (χ0n) is 7.20. The molecule has 0 saturated carbocycles.